The van der Waals surface area contributed by atoms with Crippen molar-refractivity contribution in [3.63, 3.8) is 0 Å². The zero-order chi connectivity index (χ0) is 18.8. The van der Waals surface area contributed by atoms with Crippen molar-refractivity contribution in [2.45, 2.75) is 0 Å². The molecule has 1 aromatic heterocycles. The number of thiazole rings is 1. The van der Waals surface area contributed by atoms with E-state index in [0.29, 0.717) is 16.4 Å². The van der Waals surface area contributed by atoms with Crippen molar-refractivity contribution in [1.82, 2.24) is 10.3 Å². The molecular weight excluding hydrogens is 352 g/mol. The molecule has 0 spiro atoms. The predicted octanol–water partition coefficient (Wildman–Crippen LogP) is 2.37. The van der Waals surface area contributed by atoms with E-state index in [1.165, 1.54) is 23.5 Å². The first-order valence-corrected chi connectivity index (χ1v) is 8.44. The van der Waals surface area contributed by atoms with Crippen LogP contribution in [0.15, 0.2) is 54.1 Å². The molecule has 0 saturated heterocycles. The SMILES string of the molecule is C=CCNC(=O)C(C#N)=Cc1ccccc1OCC(=O)Nc1nccs1. The summed E-state index contributed by atoms with van der Waals surface area (Å²) in [5.74, 6) is -0.488. The van der Waals surface area contributed by atoms with Gasteiger partial charge in [-0.1, -0.05) is 24.3 Å². The van der Waals surface area contributed by atoms with Crippen LogP contribution in [0.25, 0.3) is 6.08 Å². The zero-order valence-electron chi connectivity index (χ0n) is 13.8. The van der Waals surface area contributed by atoms with E-state index < -0.39 is 5.91 Å². The number of amides is 2. The maximum absolute atomic E-state index is 11.9. The van der Waals surface area contributed by atoms with Crippen LogP contribution < -0.4 is 15.4 Å². The molecule has 26 heavy (non-hydrogen) atoms. The van der Waals surface area contributed by atoms with Crippen LogP contribution in [0.4, 0.5) is 5.13 Å². The summed E-state index contributed by atoms with van der Waals surface area (Å²) < 4.78 is 5.52. The van der Waals surface area contributed by atoms with Crippen molar-refractivity contribution < 1.29 is 14.3 Å². The lowest BCUT2D eigenvalue weighted by Crippen LogP contribution is -2.24. The third kappa shape index (κ3) is 5.58. The number of para-hydroxylation sites is 1. The average molecular weight is 368 g/mol. The van der Waals surface area contributed by atoms with Gasteiger partial charge in [0.25, 0.3) is 11.8 Å². The number of carbonyl (C=O) groups is 2. The van der Waals surface area contributed by atoms with Gasteiger partial charge >= 0.3 is 0 Å². The maximum Gasteiger partial charge on any atom is 0.264 e. The van der Waals surface area contributed by atoms with Crippen LogP contribution >= 0.6 is 11.3 Å². The molecule has 0 aliphatic rings. The van der Waals surface area contributed by atoms with Gasteiger partial charge in [-0.15, -0.1) is 17.9 Å². The van der Waals surface area contributed by atoms with Crippen molar-refractivity contribution in [2.75, 3.05) is 18.5 Å². The van der Waals surface area contributed by atoms with Gasteiger partial charge in [0.1, 0.15) is 17.4 Å². The Labute approximate surface area is 154 Å². The van der Waals surface area contributed by atoms with E-state index >= 15 is 0 Å². The van der Waals surface area contributed by atoms with E-state index in [9.17, 15) is 14.9 Å². The Morgan fingerprint density at radius 1 is 1.38 bits per heavy atom. The Bertz CT molecular complexity index is 854. The van der Waals surface area contributed by atoms with Crippen LogP contribution in [0.2, 0.25) is 0 Å². The lowest BCUT2D eigenvalue weighted by atomic mass is 10.1. The van der Waals surface area contributed by atoms with Crippen molar-refractivity contribution in [3.8, 4) is 11.8 Å². The molecule has 2 aromatic rings. The minimum Gasteiger partial charge on any atom is -0.483 e. The standard InChI is InChI=1S/C18H16N4O3S/c1-2-7-20-17(24)14(11-19)10-13-5-3-4-6-15(13)25-12-16(23)22-18-21-8-9-26-18/h2-6,8-10H,1,7,12H2,(H,20,24)(H,21,22,23). The number of hydrogen-bond acceptors (Lipinski definition) is 6. The van der Waals surface area contributed by atoms with Gasteiger partial charge in [-0.25, -0.2) is 4.98 Å². The van der Waals surface area contributed by atoms with Crippen LogP contribution in [0.1, 0.15) is 5.56 Å². The van der Waals surface area contributed by atoms with Crippen molar-refractivity contribution in [1.29, 1.82) is 5.26 Å². The summed E-state index contributed by atoms with van der Waals surface area (Å²) in [7, 11) is 0. The van der Waals surface area contributed by atoms with E-state index in [1.54, 1.807) is 35.8 Å². The fraction of sp³-hybridized carbons (Fsp3) is 0.111. The Kier molecular flexibility index (Phi) is 7.09. The number of nitrogens with one attached hydrogen (secondary N) is 2. The third-order valence-corrected chi connectivity index (χ3v) is 3.72. The lowest BCUT2D eigenvalue weighted by Gasteiger charge is -2.09. The maximum atomic E-state index is 11.9. The van der Waals surface area contributed by atoms with E-state index in [0.717, 1.165) is 0 Å². The van der Waals surface area contributed by atoms with Gasteiger partial charge < -0.3 is 10.1 Å². The van der Waals surface area contributed by atoms with Gasteiger partial charge in [-0.3, -0.25) is 14.9 Å². The molecule has 0 radical (unpaired) electrons. The number of benzene rings is 1. The van der Waals surface area contributed by atoms with Crippen molar-refractivity contribution in [2.24, 2.45) is 0 Å². The fourth-order valence-corrected chi connectivity index (χ4v) is 2.42. The minimum atomic E-state index is -0.510. The Morgan fingerprint density at radius 2 is 2.19 bits per heavy atom. The number of aromatic nitrogens is 1. The minimum absolute atomic E-state index is 0.0739. The first-order chi connectivity index (χ1) is 12.6. The van der Waals surface area contributed by atoms with E-state index in [-0.39, 0.29) is 24.6 Å². The van der Waals surface area contributed by atoms with E-state index in [1.807, 2.05) is 6.07 Å². The molecule has 132 valence electrons. The molecule has 0 aliphatic heterocycles. The third-order valence-electron chi connectivity index (χ3n) is 3.03. The van der Waals surface area contributed by atoms with Gasteiger partial charge in [0, 0.05) is 23.7 Å². The van der Waals surface area contributed by atoms with Crippen molar-refractivity contribution in [3.05, 3.63) is 59.6 Å². The quantitative estimate of drug-likeness (QED) is 0.423. The second-order valence-corrected chi connectivity index (χ2v) is 5.78. The zero-order valence-corrected chi connectivity index (χ0v) is 14.6. The summed E-state index contributed by atoms with van der Waals surface area (Å²) in [6, 6.07) is 8.67. The molecule has 0 aliphatic carbocycles. The molecule has 0 saturated carbocycles. The summed E-state index contributed by atoms with van der Waals surface area (Å²) in [5.41, 5.74) is 0.440. The second-order valence-electron chi connectivity index (χ2n) is 4.88. The average Bonchev–Trinajstić information content (AvgIpc) is 3.16. The molecule has 2 N–H and O–H groups in total. The molecule has 0 fully saturated rings. The van der Waals surface area contributed by atoms with Gasteiger partial charge in [0.05, 0.1) is 0 Å². The second kappa shape index (κ2) is 9.76. The summed E-state index contributed by atoms with van der Waals surface area (Å²) in [6.07, 6.45) is 4.51. The lowest BCUT2D eigenvalue weighted by molar-refractivity contribution is -0.118. The Hall–Kier alpha value is -3.44. The summed E-state index contributed by atoms with van der Waals surface area (Å²) in [6.45, 7) is 3.53. The van der Waals surface area contributed by atoms with Crippen LogP contribution in [-0.2, 0) is 9.59 Å². The highest BCUT2D eigenvalue weighted by Gasteiger charge is 2.11. The van der Waals surface area contributed by atoms with Crippen LogP contribution in [0, 0.1) is 11.3 Å². The molecule has 8 heteroatoms. The molecule has 0 atom stereocenters. The smallest absolute Gasteiger partial charge is 0.264 e. The molecule has 1 heterocycles. The number of rotatable bonds is 8. The first-order valence-electron chi connectivity index (χ1n) is 7.56. The van der Waals surface area contributed by atoms with Crippen molar-refractivity contribution >= 4 is 34.4 Å². The number of ether oxygens (including phenoxy) is 1. The van der Waals surface area contributed by atoms with Crippen LogP contribution in [0.5, 0.6) is 5.75 Å². The highest BCUT2D eigenvalue weighted by Crippen LogP contribution is 2.21. The number of nitriles is 1. The molecule has 2 amide bonds. The number of carbonyl (C=O) groups excluding carboxylic acids is 2. The summed E-state index contributed by atoms with van der Waals surface area (Å²) in [5, 5.41) is 16.6. The van der Waals surface area contributed by atoms with Crippen LogP contribution in [0.3, 0.4) is 0 Å². The van der Waals surface area contributed by atoms with Gasteiger partial charge in [0.2, 0.25) is 0 Å². The topological polar surface area (TPSA) is 104 Å². The normalized spacial score (nSPS) is 10.5. The highest BCUT2D eigenvalue weighted by molar-refractivity contribution is 7.13. The summed E-state index contributed by atoms with van der Waals surface area (Å²) in [4.78, 5) is 27.8. The molecule has 0 unspecified atom stereocenters. The molecular formula is C18H16N4O3S. The molecule has 0 bridgehead atoms. The monoisotopic (exact) mass is 368 g/mol. The Morgan fingerprint density at radius 3 is 2.88 bits per heavy atom. The largest absolute Gasteiger partial charge is 0.483 e. The predicted molar refractivity (Wildman–Crippen MR) is 99.5 cm³/mol. The summed E-state index contributed by atoms with van der Waals surface area (Å²) >= 11 is 1.30. The van der Waals surface area contributed by atoms with Gasteiger partial charge in [-0.05, 0) is 12.1 Å². The Balaban J connectivity index is 2.07. The first kappa shape index (κ1) is 18.9. The fourth-order valence-electron chi connectivity index (χ4n) is 1.88. The van der Waals surface area contributed by atoms with Gasteiger partial charge in [0.15, 0.2) is 11.7 Å². The molecule has 2 rings (SSSR count). The number of anilines is 1. The molecule has 1 aromatic carbocycles. The molecule has 7 nitrogen and oxygen atoms in total. The van der Waals surface area contributed by atoms with Gasteiger partial charge in [-0.2, -0.15) is 5.26 Å². The van der Waals surface area contributed by atoms with E-state index in [4.69, 9.17) is 4.74 Å². The van der Waals surface area contributed by atoms with Crippen LogP contribution in [-0.4, -0.2) is 29.9 Å². The highest BCUT2D eigenvalue weighted by atomic mass is 32.1. The number of nitrogens with zero attached hydrogens (tertiary/aromatic N) is 2. The number of hydrogen-bond donors (Lipinski definition) is 2. The van der Waals surface area contributed by atoms with E-state index in [2.05, 4.69) is 22.2 Å².